The van der Waals surface area contributed by atoms with Crippen LogP contribution in [0, 0.1) is 0 Å². The zero-order valence-electron chi connectivity index (χ0n) is 12.5. The second kappa shape index (κ2) is 7.55. The van der Waals surface area contributed by atoms with Gasteiger partial charge in [-0.3, -0.25) is 4.79 Å². The number of amides is 1. The molecule has 0 radical (unpaired) electrons. The van der Waals surface area contributed by atoms with Gasteiger partial charge in [0, 0.05) is 15.2 Å². The maximum Gasteiger partial charge on any atom is 0.291 e. The van der Waals surface area contributed by atoms with Crippen molar-refractivity contribution < 1.29 is 13.9 Å². The minimum atomic E-state index is -0.314. The van der Waals surface area contributed by atoms with Crippen molar-refractivity contribution >= 4 is 39.1 Å². The summed E-state index contributed by atoms with van der Waals surface area (Å²) in [5.41, 5.74) is 0.685. The molecular weight excluding hydrogens is 394 g/mol. The highest BCUT2D eigenvalue weighted by molar-refractivity contribution is 9.10. The molecule has 1 aromatic heterocycles. The van der Waals surface area contributed by atoms with Crippen molar-refractivity contribution in [3.63, 3.8) is 0 Å². The number of carbonyl (C=O) groups excluding carboxylic acids is 1. The van der Waals surface area contributed by atoms with Crippen molar-refractivity contribution in [3.8, 4) is 5.75 Å². The summed E-state index contributed by atoms with van der Waals surface area (Å²) in [6.07, 6.45) is 0. The Morgan fingerprint density at radius 1 is 1.12 bits per heavy atom. The van der Waals surface area contributed by atoms with Crippen molar-refractivity contribution in [2.75, 3.05) is 5.32 Å². The molecule has 0 bridgehead atoms. The van der Waals surface area contributed by atoms with Crippen LogP contribution in [0.4, 0.5) is 5.69 Å². The van der Waals surface area contributed by atoms with Gasteiger partial charge in [-0.1, -0.05) is 33.6 Å². The van der Waals surface area contributed by atoms with E-state index in [1.54, 1.807) is 42.5 Å². The zero-order valence-corrected chi connectivity index (χ0v) is 14.8. The minimum Gasteiger partial charge on any atom is -0.486 e. The Kier molecular flexibility index (Phi) is 5.23. The third-order valence-electron chi connectivity index (χ3n) is 3.16. The number of hydrogen-bond acceptors (Lipinski definition) is 3. The zero-order chi connectivity index (χ0) is 16.9. The number of benzene rings is 2. The molecule has 2 aromatic carbocycles. The first-order valence-electron chi connectivity index (χ1n) is 7.14. The van der Waals surface area contributed by atoms with Gasteiger partial charge in [-0.05, 0) is 54.6 Å². The van der Waals surface area contributed by atoms with Gasteiger partial charge in [-0.25, -0.2) is 0 Å². The van der Waals surface area contributed by atoms with E-state index < -0.39 is 0 Å². The van der Waals surface area contributed by atoms with E-state index in [0.717, 1.165) is 4.47 Å². The minimum absolute atomic E-state index is 0.227. The van der Waals surface area contributed by atoms with Gasteiger partial charge in [0.2, 0.25) is 0 Å². The molecular formula is C18H13BrClNO3. The first kappa shape index (κ1) is 16.6. The van der Waals surface area contributed by atoms with Gasteiger partial charge in [0.15, 0.2) is 5.76 Å². The number of ether oxygens (including phenoxy) is 1. The van der Waals surface area contributed by atoms with Crippen LogP contribution >= 0.6 is 27.5 Å². The fraction of sp³-hybridized carbons (Fsp3) is 0.0556. The molecule has 1 N–H and O–H groups in total. The van der Waals surface area contributed by atoms with Gasteiger partial charge in [0.05, 0.1) is 0 Å². The fourth-order valence-corrected chi connectivity index (χ4v) is 2.55. The van der Waals surface area contributed by atoms with Crippen LogP contribution in [0.1, 0.15) is 16.3 Å². The quantitative estimate of drug-likeness (QED) is 0.606. The SMILES string of the molecule is O=C(Nc1cccc(Br)c1)c1ccc(COc2ccc(Cl)cc2)o1. The predicted molar refractivity (Wildman–Crippen MR) is 96.6 cm³/mol. The summed E-state index contributed by atoms with van der Waals surface area (Å²) in [7, 11) is 0. The molecule has 0 spiro atoms. The van der Waals surface area contributed by atoms with Gasteiger partial charge in [0.25, 0.3) is 5.91 Å². The molecule has 0 fully saturated rings. The Morgan fingerprint density at radius 2 is 1.92 bits per heavy atom. The summed E-state index contributed by atoms with van der Waals surface area (Å²) in [6.45, 7) is 0.228. The molecule has 1 amide bonds. The van der Waals surface area contributed by atoms with E-state index in [0.29, 0.717) is 22.2 Å². The molecule has 1 heterocycles. The van der Waals surface area contributed by atoms with Crippen molar-refractivity contribution in [2.24, 2.45) is 0 Å². The molecule has 0 atom stereocenters. The lowest BCUT2D eigenvalue weighted by molar-refractivity contribution is 0.0992. The fourth-order valence-electron chi connectivity index (χ4n) is 2.02. The number of halogens is 2. The van der Waals surface area contributed by atoms with Crippen molar-refractivity contribution in [2.45, 2.75) is 6.61 Å². The Bertz CT molecular complexity index is 845. The highest BCUT2D eigenvalue weighted by Gasteiger charge is 2.12. The van der Waals surface area contributed by atoms with Crippen molar-refractivity contribution in [1.82, 2.24) is 0 Å². The summed E-state index contributed by atoms with van der Waals surface area (Å²) in [6, 6.07) is 17.7. The van der Waals surface area contributed by atoms with Crippen LogP contribution in [0.25, 0.3) is 0 Å². The van der Waals surface area contributed by atoms with E-state index in [1.807, 2.05) is 18.2 Å². The largest absolute Gasteiger partial charge is 0.486 e. The summed E-state index contributed by atoms with van der Waals surface area (Å²) >= 11 is 9.18. The number of nitrogens with one attached hydrogen (secondary N) is 1. The standard InChI is InChI=1S/C18H13BrClNO3/c19-12-2-1-3-14(10-12)21-18(22)17-9-8-16(24-17)11-23-15-6-4-13(20)5-7-15/h1-10H,11H2,(H,21,22). The second-order valence-corrected chi connectivity index (χ2v) is 6.33. The molecule has 0 saturated carbocycles. The Balaban J connectivity index is 1.60. The summed E-state index contributed by atoms with van der Waals surface area (Å²) in [5, 5.41) is 3.42. The molecule has 0 aliphatic heterocycles. The lowest BCUT2D eigenvalue weighted by Crippen LogP contribution is -2.10. The Labute approximate surface area is 152 Å². The highest BCUT2D eigenvalue weighted by Crippen LogP contribution is 2.19. The summed E-state index contributed by atoms with van der Waals surface area (Å²) < 4.78 is 12.0. The van der Waals surface area contributed by atoms with Gasteiger partial charge in [-0.15, -0.1) is 0 Å². The monoisotopic (exact) mass is 405 g/mol. The van der Waals surface area contributed by atoms with Crippen molar-refractivity contribution in [3.05, 3.63) is 81.7 Å². The van der Waals surface area contributed by atoms with E-state index in [-0.39, 0.29) is 18.3 Å². The van der Waals surface area contributed by atoms with E-state index >= 15 is 0 Å². The molecule has 4 nitrogen and oxygen atoms in total. The number of furan rings is 1. The Morgan fingerprint density at radius 3 is 2.67 bits per heavy atom. The number of hydrogen-bond donors (Lipinski definition) is 1. The molecule has 0 saturated heterocycles. The van der Waals surface area contributed by atoms with Gasteiger partial charge < -0.3 is 14.5 Å². The molecule has 3 aromatic rings. The van der Waals surface area contributed by atoms with Crippen LogP contribution in [0.2, 0.25) is 5.02 Å². The molecule has 3 rings (SSSR count). The maximum atomic E-state index is 12.2. The first-order chi connectivity index (χ1) is 11.6. The van der Waals surface area contributed by atoms with E-state index in [1.165, 1.54) is 0 Å². The van der Waals surface area contributed by atoms with Crippen LogP contribution < -0.4 is 10.1 Å². The molecule has 24 heavy (non-hydrogen) atoms. The lowest BCUT2D eigenvalue weighted by Gasteiger charge is -2.05. The summed E-state index contributed by atoms with van der Waals surface area (Å²) in [5.74, 6) is 1.15. The number of carbonyl (C=O) groups is 1. The number of rotatable bonds is 5. The third-order valence-corrected chi connectivity index (χ3v) is 3.91. The van der Waals surface area contributed by atoms with E-state index in [9.17, 15) is 4.79 Å². The maximum absolute atomic E-state index is 12.2. The normalized spacial score (nSPS) is 10.4. The third kappa shape index (κ3) is 4.40. The topological polar surface area (TPSA) is 51.5 Å². The van der Waals surface area contributed by atoms with Crippen LogP contribution in [-0.4, -0.2) is 5.91 Å². The molecule has 0 aliphatic rings. The number of anilines is 1. The van der Waals surface area contributed by atoms with E-state index in [2.05, 4.69) is 21.2 Å². The smallest absolute Gasteiger partial charge is 0.291 e. The lowest BCUT2D eigenvalue weighted by atomic mass is 10.3. The van der Waals surface area contributed by atoms with Crippen LogP contribution in [-0.2, 0) is 6.61 Å². The average Bonchev–Trinajstić information content (AvgIpc) is 3.03. The Hall–Kier alpha value is -2.24. The van der Waals surface area contributed by atoms with Gasteiger partial charge in [0.1, 0.15) is 18.1 Å². The molecule has 122 valence electrons. The average molecular weight is 407 g/mol. The van der Waals surface area contributed by atoms with E-state index in [4.69, 9.17) is 20.8 Å². The first-order valence-corrected chi connectivity index (χ1v) is 8.31. The van der Waals surface area contributed by atoms with Crippen LogP contribution in [0.15, 0.2) is 69.6 Å². The van der Waals surface area contributed by atoms with Gasteiger partial charge >= 0.3 is 0 Å². The molecule has 6 heteroatoms. The van der Waals surface area contributed by atoms with Crippen LogP contribution in [0.5, 0.6) is 5.75 Å². The highest BCUT2D eigenvalue weighted by atomic mass is 79.9. The molecule has 0 unspecified atom stereocenters. The molecule has 0 aliphatic carbocycles. The van der Waals surface area contributed by atoms with Crippen molar-refractivity contribution in [1.29, 1.82) is 0 Å². The van der Waals surface area contributed by atoms with Gasteiger partial charge in [-0.2, -0.15) is 0 Å². The second-order valence-electron chi connectivity index (χ2n) is 4.97. The van der Waals surface area contributed by atoms with Crippen LogP contribution in [0.3, 0.4) is 0 Å². The summed E-state index contributed by atoms with van der Waals surface area (Å²) in [4.78, 5) is 12.2. The predicted octanol–water partition coefficient (Wildman–Crippen LogP) is 5.53.